The summed E-state index contributed by atoms with van der Waals surface area (Å²) >= 11 is 0. The summed E-state index contributed by atoms with van der Waals surface area (Å²) in [7, 11) is 2.96. The first-order chi connectivity index (χ1) is 7.90. The number of ether oxygens (including phenoxy) is 2. The second kappa shape index (κ2) is 5.05. The number of aliphatic hydroxyl groups is 1. The van der Waals surface area contributed by atoms with Crippen LogP contribution in [0.2, 0.25) is 0 Å². The number of carboxylic acid groups (broad SMARTS) is 1. The molecule has 0 saturated carbocycles. The molecule has 17 heavy (non-hydrogen) atoms. The van der Waals surface area contributed by atoms with Crippen molar-refractivity contribution in [2.75, 3.05) is 14.2 Å². The predicted octanol–water partition coefficient (Wildman–Crippen LogP) is 1.39. The molecule has 1 rings (SSSR count). The molecule has 5 nitrogen and oxygen atoms in total. The van der Waals surface area contributed by atoms with Gasteiger partial charge in [0, 0.05) is 5.56 Å². The van der Waals surface area contributed by atoms with E-state index in [9.17, 15) is 9.90 Å². The maximum atomic E-state index is 10.7. The van der Waals surface area contributed by atoms with Crippen molar-refractivity contribution in [3.63, 3.8) is 0 Å². The Morgan fingerprint density at radius 3 is 2.47 bits per heavy atom. The Labute approximate surface area is 99.6 Å². The van der Waals surface area contributed by atoms with Gasteiger partial charge in [-0.2, -0.15) is 0 Å². The number of carboxylic acids is 1. The van der Waals surface area contributed by atoms with Crippen molar-refractivity contribution in [1.29, 1.82) is 0 Å². The lowest BCUT2D eigenvalue weighted by Gasteiger charge is -2.24. The molecule has 0 aromatic heterocycles. The number of methoxy groups -OCH3 is 2. The van der Waals surface area contributed by atoms with Gasteiger partial charge < -0.3 is 19.7 Å². The molecule has 0 bridgehead atoms. The largest absolute Gasteiger partial charge is 0.497 e. The third kappa shape index (κ3) is 3.10. The van der Waals surface area contributed by atoms with E-state index >= 15 is 0 Å². The van der Waals surface area contributed by atoms with Gasteiger partial charge in [-0.05, 0) is 25.1 Å². The summed E-state index contributed by atoms with van der Waals surface area (Å²) in [5.74, 6) is -0.122. The van der Waals surface area contributed by atoms with Crippen molar-refractivity contribution in [1.82, 2.24) is 0 Å². The van der Waals surface area contributed by atoms with E-state index in [1.807, 2.05) is 0 Å². The lowest BCUT2D eigenvalue weighted by atomic mass is 9.91. The molecule has 2 N–H and O–H groups in total. The standard InChI is InChI=1S/C12H16O5/c1-12(15,7-11(13)14)9-6-8(16-2)4-5-10(9)17-3/h4-6,15H,7H2,1-3H3,(H,13,14)/t12-/m0/s1. The van der Waals surface area contributed by atoms with Gasteiger partial charge in [0.25, 0.3) is 0 Å². The van der Waals surface area contributed by atoms with Gasteiger partial charge in [0.1, 0.15) is 17.1 Å². The maximum absolute atomic E-state index is 10.7. The number of hydrogen-bond donors (Lipinski definition) is 2. The highest BCUT2D eigenvalue weighted by Gasteiger charge is 2.30. The molecule has 0 amide bonds. The lowest BCUT2D eigenvalue weighted by molar-refractivity contribution is -0.142. The molecule has 94 valence electrons. The highest BCUT2D eigenvalue weighted by atomic mass is 16.5. The Morgan fingerprint density at radius 1 is 1.35 bits per heavy atom. The van der Waals surface area contributed by atoms with Crippen LogP contribution in [-0.2, 0) is 10.4 Å². The second-order valence-electron chi connectivity index (χ2n) is 3.91. The number of rotatable bonds is 5. The highest BCUT2D eigenvalue weighted by molar-refractivity contribution is 5.69. The zero-order chi connectivity index (χ0) is 13.1. The molecule has 0 fully saturated rings. The molecule has 0 aliphatic heterocycles. The van der Waals surface area contributed by atoms with Crippen LogP contribution in [0.5, 0.6) is 11.5 Å². The topological polar surface area (TPSA) is 76.0 Å². The second-order valence-corrected chi connectivity index (χ2v) is 3.91. The third-order valence-corrected chi connectivity index (χ3v) is 2.48. The van der Waals surface area contributed by atoms with Crippen LogP contribution in [-0.4, -0.2) is 30.4 Å². The first-order valence-corrected chi connectivity index (χ1v) is 5.07. The summed E-state index contributed by atoms with van der Waals surface area (Å²) in [6.45, 7) is 1.43. The van der Waals surface area contributed by atoms with Crippen LogP contribution < -0.4 is 9.47 Å². The number of carbonyl (C=O) groups is 1. The van der Waals surface area contributed by atoms with Crippen LogP contribution in [0.25, 0.3) is 0 Å². The Bertz CT molecular complexity index is 411. The smallest absolute Gasteiger partial charge is 0.306 e. The van der Waals surface area contributed by atoms with Crippen molar-refractivity contribution >= 4 is 5.97 Å². The summed E-state index contributed by atoms with van der Waals surface area (Å²) < 4.78 is 10.1. The van der Waals surface area contributed by atoms with Crippen LogP contribution in [0.1, 0.15) is 18.9 Å². The van der Waals surface area contributed by atoms with E-state index in [4.69, 9.17) is 14.6 Å². The highest BCUT2D eigenvalue weighted by Crippen LogP contribution is 2.35. The molecule has 0 heterocycles. The number of benzene rings is 1. The normalized spacial score (nSPS) is 13.9. The fourth-order valence-corrected chi connectivity index (χ4v) is 1.62. The van der Waals surface area contributed by atoms with Gasteiger partial charge in [-0.15, -0.1) is 0 Å². The molecule has 0 saturated heterocycles. The zero-order valence-corrected chi connectivity index (χ0v) is 10.1. The number of hydrogen-bond acceptors (Lipinski definition) is 4. The average molecular weight is 240 g/mol. The molecule has 1 atom stereocenters. The van der Waals surface area contributed by atoms with Gasteiger partial charge >= 0.3 is 5.97 Å². The third-order valence-electron chi connectivity index (χ3n) is 2.48. The predicted molar refractivity (Wildman–Crippen MR) is 61.4 cm³/mol. The minimum atomic E-state index is -1.51. The summed E-state index contributed by atoms with van der Waals surface area (Å²) in [4.78, 5) is 10.7. The molecule has 0 spiro atoms. The van der Waals surface area contributed by atoms with E-state index in [1.54, 1.807) is 18.2 Å². The molecule has 1 aromatic carbocycles. The van der Waals surface area contributed by atoms with Gasteiger partial charge in [0.05, 0.1) is 20.6 Å². The monoisotopic (exact) mass is 240 g/mol. The quantitative estimate of drug-likeness (QED) is 0.813. The number of aliphatic carboxylic acids is 1. The minimum Gasteiger partial charge on any atom is -0.497 e. The molecule has 5 heteroatoms. The molecule has 0 unspecified atom stereocenters. The van der Waals surface area contributed by atoms with E-state index in [2.05, 4.69) is 0 Å². The summed E-state index contributed by atoms with van der Waals surface area (Å²) in [5, 5.41) is 18.9. The fraction of sp³-hybridized carbons (Fsp3) is 0.417. The molecular weight excluding hydrogens is 224 g/mol. The van der Waals surface area contributed by atoms with Crippen molar-refractivity contribution in [2.45, 2.75) is 18.9 Å². The van der Waals surface area contributed by atoms with Gasteiger partial charge in [0.15, 0.2) is 0 Å². The lowest BCUT2D eigenvalue weighted by Crippen LogP contribution is -2.25. The zero-order valence-electron chi connectivity index (χ0n) is 10.1. The first kappa shape index (κ1) is 13.3. The Hall–Kier alpha value is -1.75. The van der Waals surface area contributed by atoms with Crippen molar-refractivity contribution < 1.29 is 24.5 Å². The van der Waals surface area contributed by atoms with Crippen LogP contribution >= 0.6 is 0 Å². The van der Waals surface area contributed by atoms with E-state index in [0.29, 0.717) is 17.1 Å². The Kier molecular flexibility index (Phi) is 3.96. The van der Waals surface area contributed by atoms with Gasteiger partial charge in [-0.25, -0.2) is 0 Å². The van der Waals surface area contributed by atoms with E-state index < -0.39 is 18.0 Å². The maximum Gasteiger partial charge on any atom is 0.306 e. The van der Waals surface area contributed by atoms with Crippen molar-refractivity contribution in [3.05, 3.63) is 23.8 Å². The van der Waals surface area contributed by atoms with E-state index in [1.165, 1.54) is 21.1 Å². The molecule has 1 aromatic rings. The van der Waals surface area contributed by atoms with Gasteiger partial charge in [-0.1, -0.05) is 0 Å². The van der Waals surface area contributed by atoms with Crippen molar-refractivity contribution in [3.8, 4) is 11.5 Å². The van der Waals surface area contributed by atoms with Crippen molar-refractivity contribution in [2.24, 2.45) is 0 Å². The summed E-state index contributed by atoms with van der Waals surface area (Å²) in [6.07, 6.45) is -0.406. The van der Waals surface area contributed by atoms with Gasteiger partial charge in [-0.3, -0.25) is 4.79 Å². The minimum absolute atomic E-state index is 0.391. The first-order valence-electron chi connectivity index (χ1n) is 5.07. The molecule has 0 aliphatic carbocycles. The fourth-order valence-electron chi connectivity index (χ4n) is 1.62. The Morgan fingerprint density at radius 2 is 2.00 bits per heavy atom. The summed E-state index contributed by atoms with van der Waals surface area (Å²) in [6, 6.07) is 4.88. The molecule has 0 radical (unpaired) electrons. The van der Waals surface area contributed by atoms with Gasteiger partial charge in [0.2, 0.25) is 0 Å². The molecular formula is C12H16O5. The van der Waals surface area contributed by atoms with Crippen LogP contribution in [0.3, 0.4) is 0 Å². The van der Waals surface area contributed by atoms with E-state index in [-0.39, 0.29) is 0 Å². The van der Waals surface area contributed by atoms with E-state index in [0.717, 1.165) is 0 Å². The summed E-state index contributed by atoms with van der Waals surface area (Å²) in [5.41, 5.74) is -1.12. The van der Waals surface area contributed by atoms with Crippen LogP contribution in [0.15, 0.2) is 18.2 Å². The Balaban J connectivity index is 3.21. The molecule has 0 aliphatic rings. The average Bonchev–Trinajstić information content (AvgIpc) is 2.26. The SMILES string of the molecule is COc1ccc(OC)c([C@@](C)(O)CC(=O)O)c1. The van der Waals surface area contributed by atoms with Crippen LogP contribution in [0.4, 0.5) is 0 Å². The van der Waals surface area contributed by atoms with Crippen LogP contribution in [0, 0.1) is 0 Å².